The minimum Gasteiger partial charge on any atom is -0.457 e. The van der Waals surface area contributed by atoms with Crippen molar-refractivity contribution in [1.82, 2.24) is 4.57 Å². The Balaban J connectivity index is 1.78. The average molecular weight is 463 g/mol. The summed E-state index contributed by atoms with van der Waals surface area (Å²) < 4.78 is 8.93. The predicted molar refractivity (Wildman–Crippen MR) is 144 cm³/mol. The molecule has 170 valence electrons. The van der Waals surface area contributed by atoms with E-state index in [1.165, 1.54) is 10.8 Å². The van der Waals surface area contributed by atoms with E-state index < -0.39 is 5.54 Å². The smallest absolute Gasteiger partial charge is 0.133 e. The molecule has 0 amide bonds. The Bertz CT molecular complexity index is 1760. The van der Waals surface area contributed by atoms with Gasteiger partial charge in [-0.1, -0.05) is 84.9 Å². The zero-order chi connectivity index (χ0) is 24.3. The van der Waals surface area contributed by atoms with E-state index in [0.29, 0.717) is 5.56 Å². The Morgan fingerprint density at radius 3 is 1.78 bits per heavy atom. The van der Waals surface area contributed by atoms with Gasteiger partial charge in [0, 0.05) is 21.9 Å². The monoisotopic (exact) mass is 462 g/mol. The number of aromatic nitrogens is 1. The van der Waals surface area contributed by atoms with Gasteiger partial charge in [0.2, 0.25) is 0 Å². The maximum Gasteiger partial charge on any atom is 0.133 e. The number of nitriles is 1. The lowest BCUT2D eigenvalue weighted by Crippen LogP contribution is -2.40. The maximum absolute atomic E-state index is 10.0. The number of ether oxygens (including phenoxy) is 1. The second kappa shape index (κ2) is 7.60. The van der Waals surface area contributed by atoms with Crippen molar-refractivity contribution in [2.45, 2.75) is 12.5 Å². The van der Waals surface area contributed by atoms with Crippen LogP contribution in [0.4, 0.5) is 0 Å². The number of aryl methyl sites for hydroxylation is 1. The summed E-state index contributed by atoms with van der Waals surface area (Å²) in [5.41, 5.74) is 6.26. The van der Waals surface area contributed by atoms with Gasteiger partial charge < -0.3 is 9.30 Å². The number of para-hydroxylation sites is 4. The molecule has 3 nitrogen and oxygen atoms in total. The molecule has 0 aliphatic carbocycles. The molecule has 0 bridgehead atoms. The number of rotatable bonds is 2. The van der Waals surface area contributed by atoms with Crippen molar-refractivity contribution in [1.29, 1.82) is 5.26 Å². The van der Waals surface area contributed by atoms with Gasteiger partial charge in [-0.2, -0.15) is 5.26 Å². The van der Waals surface area contributed by atoms with Crippen molar-refractivity contribution in [3.05, 3.63) is 143 Å². The summed E-state index contributed by atoms with van der Waals surface area (Å²) in [7, 11) is 0. The second-order valence-corrected chi connectivity index (χ2v) is 9.32. The van der Waals surface area contributed by atoms with E-state index in [1.807, 2.05) is 31.2 Å². The lowest BCUT2D eigenvalue weighted by atomic mass is 9.73. The topological polar surface area (TPSA) is 38.0 Å². The van der Waals surface area contributed by atoms with Crippen molar-refractivity contribution < 1.29 is 4.74 Å². The molecule has 0 spiro atoms. The standard InChI is InChI=1S/C33H22N2O/c1-22-18-19-24(20-23(22)21-34)33(27-12-4-8-16-31(27)36-32-17-9-5-13-28(32)33)35-29-14-6-2-10-25(29)26-11-3-7-15-30(26)35/h2-20H,1H3. The second-order valence-electron chi connectivity index (χ2n) is 9.32. The van der Waals surface area contributed by atoms with Gasteiger partial charge in [0.05, 0.1) is 22.7 Å². The molecule has 0 atom stereocenters. The van der Waals surface area contributed by atoms with Crippen LogP contribution in [0.5, 0.6) is 11.5 Å². The Morgan fingerprint density at radius 1 is 0.667 bits per heavy atom. The van der Waals surface area contributed by atoms with E-state index in [0.717, 1.165) is 44.8 Å². The first-order chi connectivity index (χ1) is 17.7. The summed E-state index contributed by atoms with van der Waals surface area (Å²) >= 11 is 0. The first kappa shape index (κ1) is 20.6. The van der Waals surface area contributed by atoms with E-state index in [-0.39, 0.29) is 0 Å². The molecule has 0 fully saturated rings. The molecule has 7 rings (SSSR count). The Hall–Kier alpha value is -4.81. The molecular weight excluding hydrogens is 440 g/mol. The van der Waals surface area contributed by atoms with Crippen molar-refractivity contribution >= 4 is 21.8 Å². The van der Waals surface area contributed by atoms with Crippen LogP contribution in [0.15, 0.2) is 115 Å². The van der Waals surface area contributed by atoms with Crippen LogP contribution in [0, 0.1) is 18.3 Å². The van der Waals surface area contributed by atoms with Gasteiger partial charge in [-0.3, -0.25) is 0 Å². The summed E-state index contributed by atoms with van der Waals surface area (Å²) in [6, 6.07) is 42.4. The highest BCUT2D eigenvalue weighted by atomic mass is 16.5. The van der Waals surface area contributed by atoms with Crippen LogP contribution in [0.3, 0.4) is 0 Å². The van der Waals surface area contributed by atoms with E-state index in [9.17, 15) is 5.26 Å². The molecule has 0 radical (unpaired) electrons. The number of hydrogen-bond acceptors (Lipinski definition) is 2. The zero-order valence-corrected chi connectivity index (χ0v) is 19.8. The van der Waals surface area contributed by atoms with Crippen LogP contribution in [0.25, 0.3) is 21.8 Å². The predicted octanol–water partition coefficient (Wildman–Crippen LogP) is 7.92. The van der Waals surface area contributed by atoms with Crippen LogP contribution in [0.2, 0.25) is 0 Å². The van der Waals surface area contributed by atoms with Gasteiger partial charge >= 0.3 is 0 Å². The molecule has 5 aromatic carbocycles. The van der Waals surface area contributed by atoms with Crippen LogP contribution in [-0.4, -0.2) is 4.57 Å². The van der Waals surface area contributed by atoms with Crippen molar-refractivity contribution in [2.75, 3.05) is 0 Å². The third-order valence-corrected chi connectivity index (χ3v) is 7.46. The van der Waals surface area contributed by atoms with Crippen molar-refractivity contribution in [3.8, 4) is 17.6 Å². The Labute approximate surface area is 209 Å². The molecule has 0 N–H and O–H groups in total. The fourth-order valence-electron chi connectivity index (χ4n) is 5.91. The van der Waals surface area contributed by atoms with Gasteiger partial charge in [-0.05, 0) is 48.4 Å². The highest BCUT2D eigenvalue weighted by Gasteiger charge is 2.47. The number of hydrogen-bond donors (Lipinski definition) is 0. The molecule has 36 heavy (non-hydrogen) atoms. The van der Waals surface area contributed by atoms with Gasteiger partial charge in [0.25, 0.3) is 0 Å². The molecule has 0 saturated carbocycles. The lowest BCUT2D eigenvalue weighted by Gasteiger charge is -2.43. The number of benzene rings is 5. The molecule has 0 saturated heterocycles. The number of nitrogens with zero attached hydrogens (tertiary/aromatic N) is 2. The molecule has 0 unspecified atom stereocenters. The highest BCUT2D eigenvalue weighted by molar-refractivity contribution is 6.08. The molecule has 2 heterocycles. The zero-order valence-electron chi connectivity index (χ0n) is 19.8. The maximum atomic E-state index is 10.0. The Kier molecular flexibility index (Phi) is 4.34. The SMILES string of the molecule is Cc1ccc(C2(n3c4ccccc4c4ccccc43)c3ccccc3Oc3ccccc32)cc1C#N. The molecule has 1 aromatic heterocycles. The third-order valence-electron chi connectivity index (χ3n) is 7.46. The molecule has 1 aliphatic heterocycles. The third kappa shape index (κ3) is 2.61. The fraction of sp³-hybridized carbons (Fsp3) is 0.0606. The minimum absolute atomic E-state index is 0.675. The quantitative estimate of drug-likeness (QED) is 0.262. The van der Waals surface area contributed by atoms with Crippen LogP contribution in [0.1, 0.15) is 27.8 Å². The first-order valence-electron chi connectivity index (χ1n) is 12.1. The minimum atomic E-state index is -0.757. The summed E-state index contributed by atoms with van der Waals surface area (Å²) in [6.07, 6.45) is 0. The van der Waals surface area contributed by atoms with E-state index in [4.69, 9.17) is 4.74 Å². The molecule has 6 aromatic rings. The number of fused-ring (bicyclic) bond motifs is 5. The van der Waals surface area contributed by atoms with Crippen molar-refractivity contribution in [2.24, 2.45) is 0 Å². The normalized spacial score (nSPS) is 13.6. The van der Waals surface area contributed by atoms with Gasteiger partial charge in [0.15, 0.2) is 0 Å². The van der Waals surface area contributed by atoms with Gasteiger partial charge in [0.1, 0.15) is 17.0 Å². The fourth-order valence-corrected chi connectivity index (χ4v) is 5.91. The highest BCUT2D eigenvalue weighted by Crippen LogP contribution is 2.55. The average Bonchev–Trinajstić information content (AvgIpc) is 3.27. The molecule has 3 heteroatoms. The van der Waals surface area contributed by atoms with Gasteiger partial charge in [-0.15, -0.1) is 0 Å². The summed E-state index contributed by atoms with van der Waals surface area (Å²) in [5, 5.41) is 12.4. The largest absolute Gasteiger partial charge is 0.457 e. The van der Waals surface area contributed by atoms with Gasteiger partial charge in [-0.25, -0.2) is 0 Å². The summed E-state index contributed by atoms with van der Waals surface area (Å²) in [5.74, 6) is 1.63. The first-order valence-corrected chi connectivity index (χ1v) is 12.1. The molecule has 1 aliphatic rings. The van der Waals surface area contributed by atoms with E-state index >= 15 is 0 Å². The van der Waals surface area contributed by atoms with E-state index in [1.54, 1.807) is 0 Å². The summed E-state index contributed by atoms with van der Waals surface area (Å²) in [4.78, 5) is 0. The lowest BCUT2D eigenvalue weighted by molar-refractivity contribution is 0.400. The van der Waals surface area contributed by atoms with Crippen LogP contribution >= 0.6 is 0 Å². The molecular formula is C33H22N2O. The Morgan fingerprint density at radius 2 is 1.19 bits per heavy atom. The van der Waals surface area contributed by atoms with E-state index in [2.05, 4.69) is 102 Å². The van der Waals surface area contributed by atoms with Crippen LogP contribution in [-0.2, 0) is 5.54 Å². The van der Waals surface area contributed by atoms with Crippen LogP contribution < -0.4 is 4.74 Å². The summed E-state index contributed by atoms with van der Waals surface area (Å²) in [6.45, 7) is 1.99. The van der Waals surface area contributed by atoms with Crippen molar-refractivity contribution in [3.63, 3.8) is 0 Å².